The third-order valence-electron chi connectivity index (χ3n) is 2.39. The fraction of sp³-hybridized carbons (Fsp3) is 0.0833. The maximum atomic E-state index is 12.2. The fourth-order valence-electron chi connectivity index (χ4n) is 1.48. The smallest absolute Gasteiger partial charge is 0.263 e. The molecule has 0 amide bonds. The molecule has 106 valence electrons. The number of benzene rings is 1. The summed E-state index contributed by atoms with van der Waals surface area (Å²) in [7, 11) is -2.18. The largest absolute Gasteiger partial charge is 0.495 e. The lowest BCUT2D eigenvalue weighted by Gasteiger charge is -2.10. The number of aromatic nitrogens is 1. The number of halogens is 2. The van der Waals surface area contributed by atoms with E-state index in [-0.39, 0.29) is 4.90 Å². The van der Waals surface area contributed by atoms with E-state index >= 15 is 0 Å². The SMILES string of the molecule is COc1cc(NS(=O)(=O)c2cncc(Br)c2)ccc1Br. The second-order valence-corrected chi connectivity index (χ2v) is 7.25. The number of methoxy groups -OCH3 is 1. The Bertz CT molecular complexity index is 735. The van der Waals surface area contributed by atoms with Crippen LogP contribution in [-0.4, -0.2) is 20.5 Å². The lowest BCUT2D eigenvalue weighted by Crippen LogP contribution is -2.13. The van der Waals surface area contributed by atoms with Crippen molar-refractivity contribution in [3.8, 4) is 5.75 Å². The molecule has 0 fully saturated rings. The molecule has 0 unspecified atom stereocenters. The number of rotatable bonds is 4. The standard InChI is InChI=1S/C12H10Br2N2O3S/c1-19-12-5-9(2-3-11(12)14)16-20(17,18)10-4-8(13)6-15-7-10/h2-7,16H,1H3. The van der Waals surface area contributed by atoms with E-state index in [2.05, 4.69) is 41.6 Å². The molecule has 0 saturated carbocycles. The summed E-state index contributed by atoms with van der Waals surface area (Å²) in [6, 6.07) is 6.41. The molecule has 8 heteroatoms. The maximum Gasteiger partial charge on any atom is 0.263 e. The van der Waals surface area contributed by atoms with E-state index in [0.29, 0.717) is 15.9 Å². The van der Waals surface area contributed by atoms with Gasteiger partial charge in [-0.15, -0.1) is 0 Å². The highest BCUT2D eigenvalue weighted by Gasteiger charge is 2.15. The number of hydrogen-bond acceptors (Lipinski definition) is 4. The van der Waals surface area contributed by atoms with Crippen LogP contribution in [0.4, 0.5) is 5.69 Å². The zero-order valence-electron chi connectivity index (χ0n) is 10.3. The van der Waals surface area contributed by atoms with Gasteiger partial charge in [-0.1, -0.05) is 0 Å². The first-order chi connectivity index (χ1) is 9.42. The minimum atomic E-state index is -3.69. The summed E-state index contributed by atoms with van der Waals surface area (Å²) in [6.07, 6.45) is 2.80. The molecular formula is C12H10Br2N2O3S. The third-order valence-corrected chi connectivity index (χ3v) is 4.83. The predicted molar refractivity (Wildman–Crippen MR) is 83.4 cm³/mol. The predicted octanol–water partition coefficient (Wildman–Crippen LogP) is 3.42. The van der Waals surface area contributed by atoms with E-state index in [0.717, 1.165) is 4.47 Å². The Hall–Kier alpha value is -1.12. The minimum Gasteiger partial charge on any atom is -0.495 e. The van der Waals surface area contributed by atoms with Gasteiger partial charge in [0.2, 0.25) is 0 Å². The van der Waals surface area contributed by atoms with Gasteiger partial charge in [-0.25, -0.2) is 8.42 Å². The van der Waals surface area contributed by atoms with Crippen molar-refractivity contribution in [2.24, 2.45) is 0 Å². The van der Waals surface area contributed by atoms with Crippen molar-refractivity contribution < 1.29 is 13.2 Å². The summed E-state index contributed by atoms with van der Waals surface area (Å²) >= 11 is 6.50. The number of ether oxygens (including phenoxy) is 1. The Morgan fingerprint density at radius 1 is 1.20 bits per heavy atom. The van der Waals surface area contributed by atoms with Gasteiger partial charge < -0.3 is 4.74 Å². The van der Waals surface area contributed by atoms with Gasteiger partial charge in [0.15, 0.2) is 0 Å². The maximum absolute atomic E-state index is 12.2. The van der Waals surface area contributed by atoms with E-state index < -0.39 is 10.0 Å². The molecule has 0 aliphatic heterocycles. The van der Waals surface area contributed by atoms with Gasteiger partial charge in [-0.05, 0) is 50.1 Å². The summed E-state index contributed by atoms with van der Waals surface area (Å²) in [5, 5.41) is 0. The number of anilines is 1. The number of nitrogens with zero attached hydrogens (tertiary/aromatic N) is 1. The lowest BCUT2D eigenvalue weighted by molar-refractivity contribution is 0.412. The van der Waals surface area contributed by atoms with Crippen LogP contribution in [0.25, 0.3) is 0 Å². The van der Waals surface area contributed by atoms with Gasteiger partial charge in [0, 0.05) is 22.9 Å². The van der Waals surface area contributed by atoms with Crippen molar-refractivity contribution in [3.05, 3.63) is 45.6 Å². The topological polar surface area (TPSA) is 68.3 Å². The van der Waals surface area contributed by atoms with E-state index in [1.165, 1.54) is 25.6 Å². The summed E-state index contributed by atoms with van der Waals surface area (Å²) in [5.41, 5.74) is 0.407. The second-order valence-electron chi connectivity index (χ2n) is 3.79. The van der Waals surface area contributed by atoms with Crippen molar-refractivity contribution in [1.29, 1.82) is 0 Å². The monoisotopic (exact) mass is 420 g/mol. The summed E-state index contributed by atoms with van der Waals surface area (Å²) in [6.45, 7) is 0. The van der Waals surface area contributed by atoms with Crippen molar-refractivity contribution in [2.45, 2.75) is 4.90 Å². The van der Waals surface area contributed by atoms with Gasteiger partial charge in [0.25, 0.3) is 10.0 Å². The quantitative estimate of drug-likeness (QED) is 0.821. The van der Waals surface area contributed by atoms with Crippen LogP contribution in [-0.2, 0) is 10.0 Å². The molecule has 0 saturated heterocycles. The van der Waals surface area contributed by atoms with E-state index in [4.69, 9.17) is 4.74 Å². The van der Waals surface area contributed by atoms with Crippen LogP contribution in [0.1, 0.15) is 0 Å². The number of hydrogen-bond donors (Lipinski definition) is 1. The van der Waals surface area contributed by atoms with Crippen molar-refractivity contribution in [1.82, 2.24) is 4.98 Å². The minimum absolute atomic E-state index is 0.0776. The number of sulfonamides is 1. The molecule has 2 aromatic rings. The highest BCUT2D eigenvalue weighted by molar-refractivity contribution is 9.10. The van der Waals surface area contributed by atoms with Gasteiger partial charge in [0.1, 0.15) is 10.6 Å². The molecule has 1 aromatic heterocycles. The molecule has 2 rings (SSSR count). The first-order valence-corrected chi connectivity index (χ1v) is 8.46. The molecule has 0 spiro atoms. The van der Waals surface area contributed by atoms with Gasteiger partial charge in [-0.3, -0.25) is 9.71 Å². The molecule has 1 aromatic carbocycles. The normalized spacial score (nSPS) is 11.2. The average molecular weight is 422 g/mol. The summed E-state index contributed by atoms with van der Waals surface area (Å²) in [4.78, 5) is 3.92. The Labute approximate surface area is 133 Å². The first kappa shape index (κ1) is 15.3. The number of nitrogens with one attached hydrogen (secondary N) is 1. The first-order valence-electron chi connectivity index (χ1n) is 5.39. The van der Waals surface area contributed by atoms with Gasteiger partial charge in [0.05, 0.1) is 17.3 Å². The van der Waals surface area contributed by atoms with Crippen molar-refractivity contribution in [3.63, 3.8) is 0 Å². The fourth-order valence-corrected chi connectivity index (χ4v) is 3.44. The molecule has 1 heterocycles. The zero-order chi connectivity index (χ0) is 14.8. The van der Waals surface area contributed by atoms with Crippen LogP contribution >= 0.6 is 31.9 Å². The van der Waals surface area contributed by atoms with Crippen LogP contribution in [0.3, 0.4) is 0 Å². The molecule has 20 heavy (non-hydrogen) atoms. The Morgan fingerprint density at radius 2 is 1.95 bits per heavy atom. The van der Waals surface area contributed by atoms with Crippen LogP contribution in [0, 0.1) is 0 Å². The van der Waals surface area contributed by atoms with Crippen LogP contribution in [0.5, 0.6) is 5.75 Å². The molecule has 0 aliphatic carbocycles. The van der Waals surface area contributed by atoms with E-state index in [1.54, 1.807) is 18.2 Å². The number of pyridine rings is 1. The molecule has 0 bridgehead atoms. The van der Waals surface area contributed by atoms with Crippen molar-refractivity contribution >= 4 is 47.6 Å². The average Bonchev–Trinajstić information content (AvgIpc) is 2.40. The Kier molecular flexibility index (Phi) is 4.66. The highest BCUT2D eigenvalue weighted by atomic mass is 79.9. The molecule has 1 N–H and O–H groups in total. The third kappa shape index (κ3) is 3.50. The lowest BCUT2D eigenvalue weighted by atomic mass is 10.3. The van der Waals surface area contributed by atoms with E-state index in [9.17, 15) is 8.42 Å². The summed E-state index contributed by atoms with van der Waals surface area (Å²) in [5.74, 6) is 0.539. The van der Waals surface area contributed by atoms with Crippen LogP contribution < -0.4 is 9.46 Å². The Balaban J connectivity index is 2.33. The second kappa shape index (κ2) is 6.11. The molecular weight excluding hydrogens is 412 g/mol. The highest BCUT2D eigenvalue weighted by Crippen LogP contribution is 2.29. The van der Waals surface area contributed by atoms with E-state index in [1.807, 2.05) is 0 Å². The van der Waals surface area contributed by atoms with Gasteiger partial charge >= 0.3 is 0 Å². The van der Waals surface area contributed by atoms with Gasteiger partial charge in [-0.2, -0.15) is 0 Å². The molecule has 0 radical (unpaired) electrons. The van der Waals surface area contributed by atoms with Crippen LogP contribution in [0.2, 0.25) is 0 Å². The molecule has 0 atom stereocenters. The summed E-state index contributed by atoms with van der Waals surface area (Å²) < 4.78 is 33.4. The van der Waals surface area contributed by atoms with Crippen molar-refractivity contribution in [2.75, 3.05) is 11.8 Å². The Morgan fingerprint density at radius 3 is 2.60 bits per heavy atom. The molecule has 5 nitrogen and oxygen atoms in total. The molecule has 0 aliphatic rings. The van der Waals surface area contributed by atoms with Crippen LogP contribution in [0.15, 0.2) is 50.5 Å². The zero-order valence-corrected chi connectivity index (χ0v) is 14.3.